The number of hydrogen-bond acceptors (Lipinski definition) is 6. The largest absolute Gasteiger partial charge is 0.351 e. The van der Waals surface area contributed by atoms with E-state index in [4.69, 9.17) is 0 Å². The third-order valence-corrected chi connectivity index (χ3v) is 2.50. The molecule has 2 rings (SSSR count). The molecule has 0 atom stereocenters. The number of carbonyl (C=O) groups excluding carboxylic acids is 2. The summed E-state index contributed by atoms with van der Waals surface area (Å²) in [5.74, 6) is 0.697. The molecule has 0 spiro atoms. The van der Waals surface area contributed by atoms with Gasteiger partial charge in [0.2, 0.25) is 0 Å². The van der Waals surface area contributed by atoms with Crippen molar-refractivity contribution in [3.05, 3.63) is 41.9 Å². The van der Waals surface area contributed by atoms with Crippen LogP contribution in [0.3, 0.4) is 0 Å². The number of pyridine rings is 1. The number of hydrogen-bond donors (Lipinski definition) is 2. The Labute approximate surface area is 126 Å². The quantitative estimate of drug-likeness (QED) is 0.659. The summed E-state index contributed by atoms with van der Waals surface area (Å²) in [6.45, 7) is 3.92. The minimum absolute atomic E-state index is 0.477. The highest BCUT2D eigenvalue weighted by molar-refractivity contribution is 8.10. The van der Waals surface area contributed by atoms with E-state index in [9.17, 15) is 9.59 Å². The molecule has 2 amide bonds. The Balaban J connectivity index is 0.000000270. The molecule has 21 heavy (non-hydrogen) atoms. The molecular weight excluding hydrogens is 290 g/mol. The third kappa shape index (κ3) is 6.48. The Morgan fingerprint density at radius 3 is 2.38 bits per heavy atom. The molecule has 0 aliphatic carbocycles. The number of urea groups is 1. The van der Waals surface area contributed by atoms with Gasteiger partial charge in [-0.2, -0.15) is 0 Å². The first-order valence-corrected chi connectivity index (χ1v) is 6.79. The van der Waals surface area contributed by atoms with E-state index in [1.165, 1.54) is 0 Å². The maximum absolute atomic E-state index is 9.69. The number of nitrogens with zero attached hydrogens (tertiary/aromatic N) is 3. The van der Waals surface area contributed by atoms with Crippen LogP contribution in [0.1, 0.15) is 11.4 Å². The van der Waals surface area contributed by atoms with Crippen LogP contribution < -0.4 is 10.5 Å². The first-order chi connectivity index (χ1) is 10.0. The summed E-state index contributed by atoms with van der Waals surface area (Å²) < 4.78 is 1.98. The number of aryl methyl sites for hydroxylation is 2. The fourth-order valence-corrected chi connectivity index (χ4v) is 1.58. The Morgan fingerprint density at radius 1 is 1.29 bits per heavy atom. The summed E-state index contributed by atoms with van der Waals surface area (Å²) in [6, 6.07) is 6.97. The number of carbonyl (C=O) groups is 2. The monoisotopic (exact) mass is 305 g/mol. The van der Waals surface area contributed by atoms with Crippen LogP contribution in [0.5, 0.6) is 0 Å². The molecule has 0 saturated heterocycles. The molecule has 2 aromatic rings. The SMILES string of the molecule is Cc1cc(C)nc(-c2ccccn2)n1.NC(=O)NSC=O. The van der Waals surface area contributed by atoms with E-state index < -0.39 is 6.03 Å². The normalized spacial score (nSPS) is 9.24. The number of nitrogens with one attached hydrogen (secondary N) is 1. The molecule has 0 aromatic carbocycles. The van der Waals surface area contributed by atoms with Crippen LogP contribution >= 0.6 is 11.9 Å². The number of nitrogens with two attached hydrogens (primary N) is 1. The van der Waals surface area contributed by atoms with Crippen molar-refractivity contribution in [1.82, 2.24) is 19.7 Å². The van der Waals surface area contributed by atoms with Gasteiger partial charge in [0.15, 0.2) is 11.4 Å². The van der Waals surface area contributed by atoms with Crippen molar-refractivity contribution in [2.24, 2.45) is 5.73 Å². The van der Waals surface area contributed by atoms with E-state index in [0.717, 1.165) is 17.1 Å². The zero-order chi connectivity index (χ0) is 15.7. The summed E-state index contributed by atoms with van der Waals surface area (Å²) in [6.07, 6.45) is 1.75. The van der Waals surface area contributed by atoms with Crippen LogP contribution in [0, 0.1) is 13.8 Å². The van der Waals surface area contributed by atoms with Gasteiger partial charge in [-0.1, -0.05) is 6.07 Å². The topological polar surface area (TPSA) is 111 Å². The van der Waals surface area contributed by atoms with Crippen molar-refractivity contribution >= 4 is 23.6 Å². The molecule has 0 aliphatic rings. The highest BCUT2D eigenvalue weighted by atomic mass is 32.2. The van der Waals surface area contributed by atoms with Crippen molar-refractivity contribution in [3.63, 3.8) is 0 Å². The van der Waals surface area contributed by atoms with Gasteiger partial charge in [-0.3, -0.25) is 14.5 Å². The van der Waals surface area contributed by atoms with Crippen LogP contribution in [0.2, 0.25) is 0 Å². The van der Waals surface area contributed by atoms with Gasteiger partial charge < -0.3 is 5.73 Å². The van der Waals surface area contributed by atoms with E-state index >= 15 is 0 Å². The maximum atomic E-state index is 9.69. The summed E-state index contributed by atoms with van der Waals surface area (Å²) in [4.78, 5) is 32.0. The van der Waals surface area contributed by atoms with E-state index in [2.05, 4.69) is 20.7 Å². The third-order valence-electron chi connectivity index (χ3n) is 2.08. The molecule has 0 unspecified atom stereocenters. The summed E-state index contributed by atoms with van der Waals surface area (Å²) in [5, 5.41) is 0. The predicted octanol–water partition coefficient (Wildman–Crippen LogP) is 1.65. The molecule has 0 aliphatic heterocycles. The molecule has 8 heteroatoms. The summed E-state index contributed by atoms with van der Waals surface area (Å²) >= 11 is 0.611. The zero-order valence-electron chi connectivity index (χ0n) is 11.6. The Morgan fingerprint density at radius 2 is 1.95 bits per heavy atom. The van der Waals surface area contributed by atoms with Gasteiger partial charge in [0.25, 0.3) is 0 Å². The van der Waals surface area contributed by atoms with Gasteiger partial charge in [0.1, 0.15) is 5.69 Å². The minimum Gasteiger partial charge on any atom is -0.351 e. The molecule has 2 heterocycles. The van der Waals surface area contributed by atoms with Crippen LogP contribution in [0.4, 0.5) is 4.79 Å². The summed E-state index contributed by atoms with van der Waals surface area (Å²) in [5.41, 5.74) is 7.79. The van der Waals surface area contributed by atoms with E-state index in [0.29, 0.717) is 23.4 Å². The van der Waals surface area contributed by atoms with Crippen molar-refractivity contribution in [3.8, 4) is 11.5 Å². The first kappa shape index (κ1) is 16.6. The van der Waals surface area contributed by atoms with Gasteiger partial charge in [0, 0.05) is 29.5 Å². The average Bonchev–Trinajstić information content (AvgIpc) is 2.45. The fraction of sp³-hybridized carbons (Fsp3) is 0.154. The number of rotatable bonds is 3. The van der Waals surface area contributed by atoms with Crippen molar-refractivity contribution in [2.75, 3.05) is 0 Å². The van der Waals surface area contributed by atoms with Crippen molar-refractivity contribution in [2.45, 2.75) is 13.8 Å². The second-order valence-corrected chi connectivity index (χ2v) is 4.50. The lowest BCUT2D eigenvalue weighted by Gasteiger charge is -2.01. The highest BCUT2D eigenvalue weighted by Gasteiger charge is 2.02. The lowest BCUT2D eigenvalue weighted by molar-refractivity contribution is 0.254. The molecule has 0 bridgehead atoms. The van der Waals surface area contributed by atoms with Gasteiger partial charge >= 0.3 is 6.03 Å². The standard InChI is InChI=1S/C11H11N3.C2H4N2O2S/c1-8-7-9(2)14-11(13-8)10-5-3-4-6-12-10;3-2(6)4-7-1-5/h3-7H,1-2H3;1H,(H3,3,4,6). The Hall–Kier alpha value is -2.48. The summed E-state index contributed by atoms with van der Waals surface area (Å²) in [7, 11) is 0. The molecule has 2 aromatic heterocycles. The van der Waals surface area contributed by atoms with Crippen LogP contribution in [-0.2, 0) is 4.79 Å². The smallest absolute Gasteiger partial charge is 0.322 e. The second kappa shape index (κ2) is 8.64. The minimum atomic E-state index is -0.711. The predicted molar refractivity (Wildman–Crippen MR) is 81.8 cm³/mol. The van der Waals surface area contributed by atoms with Gasteiger partial charge in [0.05, 0.1) is 0 Å². The van der Waals surface area contributed by atoms with Gasteiger partial charge in [-0.15, -0.1) is 0 Å². The fourth-order valence-electron chi connectivity index (χ4n) is 1.42. The van der Waals surface area contributed by atoms with Crippen LogP contribution in [0.25, 0.3) is 11.5 Å². The van der Waals surface area contributed by atoms with E-state index in [1.54, 1.807) is 6.20 Å². The lowest BCUT2D eigenvalue weighted by Crippen LogP contribution is -2.22. The first-order valence-electron chi connectivity index (χ1n) is 5.91. The maximum Gasteiger partial charge on any atom is 0.322 e. The van der Waals surface area contributed by atoms with Crippen molar-refractivity contribution in [1.29, 1.82) is 0 Å². The highest BCUT2D eigenvalue weighted by Crippen LogP contribution is 2.11. The number of amides is 2. The molecule has 0 fully saturated rings. The molecule has 0 radical (unpaired) electrons. The molecule has 110 valence electrons. The van der Waals surface area contributed by atoms with Crippen molar-refractivity contribution < 1.29 is 9.59 Å². The Bertz CT molecular complexity index is 587. The van der Waals surface area contributed by atoms with Crippen LogP contribution in [0.15, 0.2) is 30.5 Å². The van der Waals surface area contributed by atoms with E-state index in [-0.39, 0.29) is 0 Å². The van der Waals surface area contributed by atoms with Gasteiger partial charge in [-0.05, 0) is 32.0 Å². The molecule has 7 nitrogen and oxygen atoms in total. The molecular formula is C13H15N5O2S. The molecule has 0 saturated carbocycles. The van der Waals surface area contributed by atoms with Crippen LogP contribution in [-0.4, -0.2) is 26.6 Å². The molecule has 3 N–H and O–H groups in total. The Kier molecular flexibility index (Phi) is 6.82. The zero-order valence-corrected chi connectivity index (χ0v) is 12.4. The number of primary amides is 1. The van der Waals surface area contributed by atoms with E-state index in [1.807, 2.05) is 42.8 Å². The second-order valence-electron chi connectivity index (χ2n) is 3.87. The number of aromatic nitrogens is 3. The van der Waals surface area contributed by atoms with Gasteiger partial charge in [-0.25, -0.2) is 14.8 Å². The lowest BCUT2D eigenvalue weighted by atomic mass is 10.3. The average molecular weight is 305 g/mol.